The number of ether oxygens (including phenoxy) is 1. The summed E-state index contributed by atoms with van der Waals surface area (Å²) in [7, 11) is 0. The van der Waals surface area contributed by atoms with Crippen molar-refractivity contribution in [1.29, 1.82) is 0 Å². The van der Waals surface area contributed by atoms with E-state index in [1.54, 1.807) is 17.0 Å². The van der Waals surface area contributed by atoms with Crippen LogP contribution in [0, 0.1) is 5.92 Å². The fraction of sp³-hybridized carbons (Fsp3) is 0.480. The van der Waals surface area contributed by atoms with Crippen molar-refractivity contribution in [2.24, 2.45) is 5.92 Å². The van der Waals surface area contributed by atoms with E-state index >= 15 is 0 Å². The maximum Gasteiger partial charge on any atom is 0.257 e. The number of carbonyl (C=O) groups excluding carboxylic acids is 1. The van der Waals surface area contributed by atoms with E-state index in [1.807, 2.05) is 6.07 Å². The second kappa shape index (κ2) is 8.61. The number of carbonyl (C=O) groups is 1. The zero-order valence-electron chi connectivity index (χ0n) is 17.7. The van der Waals surface area contributed by atoms with E-state index in [2.05, 4.69) is 29.2 Å². The molecule has 2 aromatic carbocycles. The average Bonchev–Trinajstić information content (AvgIpc) is 3.63. The molecule has 0 aromatic heterocycles. The Morgan fingerprint density at radius 1 is 1.03 bits per heavy atom. The van der Waals surface area contributed by atoms with Gasteiger partial charge in [0.25, 0.3) is 5.91 Å². The lowest BCUT2D eigenvalue weighted by atomic mass is 9.99. The maximum absolute atomic E-state index is 13.1. The Hall–Kier alpha value is -2.41. The van der Waals surface area contributed by atoms with Crippen molar-refractivity contribution >= 4 is 5.91 Å². The van der Waals surface area contributed by atoms with Gasteiger partial charge in [0.2, 0.25) is 0 Å². The van der Waals surface area contributed by atoms with E-state index in [9.17, 15) is 15.0 Å². The van der Waals surface area contributed by atoms with Gasteiger partial charge in [0.15, 0.2) is 0 Å². The van der Waals surface area contributed by atoms with Crippen molar-refractivity contribution in [1.82, 2.24) is 9.80 Å². The summed E-state index contributed by atoms with van der Waals surface area (Å²) in [6.07, 6.45) is 1.98. The van der Waals surface area contributed by atoms with Crippen LogP contribution in [-0.4, -0.2) is 64.8 Å². The van der Waals surface area contributed by atoms with Gasteiger partial charge in [-0.25, -0.2) is 0 Å². The number of nitrogens with zero attached hydrogens (tertiary/aromatic N) is 2. The monoisotopic (exact) mass is 422 g/mol. The Bertz CT molecular complexity index is 958. The number of benzene rings is 2. The molecule has 1 amide bonds. The molecule has 3 aliphatic rings. The molecule has 2 aliphatic heterocycles. The number of hydrogen-bond donors (Lipinski definition) is 2. The fourth-order valence-electron chi connectivity index (χ4n) is 4.74. The van der Waals surface area contributed by atoms with E-state index in [0.717, 1.165) is 37.9 Å². The molecule has 0 bridgehead atoms. The van der Waals surface area contributed by atoms with Gasteiger partial charge in [-0.3, -0.25) is 9.69 Å². The van der Waals surface area contributed by atoms with Gasteiger partial charge in [-0.2, -0.15) is 0 Å². The lowest BCUT2D eigenvalue weighted by molar-refractivity contribution is 0.0501. The predicted molar refractivity (Wildman–Crippen MR) is 117 cm³/mol. The minimum atomic E-state index is -0.619. The number of hydrogen-bond acceptors (Lipinski definition) is 5. The van der Waals surface area contributed by atoms with Crippen LogP contribution in [-0.2, 0) is 13.0 Å². The summed E-state index contributed by atoms with van der Waals surface area (Å²) in [4.78, 5) is 17.1. The van der Waals surface area contributed by atoms with Crippen LogP contribution >= 0.6 is 0 Å². The molecular weight excluding hydrogens is 392 g/mol. The summed E-state index contributed by atoms with van der Waals surface area (Å²) < 4.78 is 5.85. The van der Waals surface area contributed by atoms with Crippen LogP contribution in [0.4, 0.5) is 0 Å². The van der Waals surface area contributed by atoms with Crippen LogP contribution in [0.2, 0.25) is 0 Å². The van der Waals surface area contributed by atoms with Crippen molar-refractivity contribution in [3.8, 4) is 5.75 Å². The number of rotatable bonds is 6. The van der Waals surface area contributed by atoms with Crippen molar-refractivity contribution in [2.75, 3.05) is 32.8 Å². The molecular formula is C25H30N2O4. The van der Waals surface area contributed by atoms with E-state index in [4.69, 9.17) is 4.74 Å². The normalized spacial score (nSPS) is 21.0. The quantitative estimate of drug-likeness (QED) is 0.748. The Labute approximate surface area is 183 Å². The molecule has 0 radical (unpaired) electrons. The zero-order chi connectivity index (χ0) is 21.4. The summed E-state index contributed by atoms with van der Waals surface area (Å²) in [5, 5.41) is 21.1. The highest BCUT2D eigenvalue weighted by atomic mass is 16.5. The zero-order valence-corrected chi connectivity index (χ0v) is 17.7. The molecule has 1 aliphatic carbocycles. The van der Waals surface area contributed by atoms with Gasteiger partial charge in [0.05, 0.1) is 24.3 Å². The molecule has 2 atom stereocenters. The molecule has 6 heteroatoms. The topological polar surface area (TPSA) is 73.2 Å². The first-order valence-corrected chi connectivity index (χ1v) is 11.3. The predicted octanol–water partition coefficient (Wildman–Crippen LogP) is 2.38. The van der Waals surface area contributed by atoms with Crippen LogP contribution in [0.25, 0.3) is 0 Å². The molecule has 164 valence electrons. The SMILES string of the molecule is O=C1c2ccc(C(O)C3CC3)cc2OCCN1C[C@H](O)CN1CCc2ccccc2C1. The summed E-state index contributed by atoms with van der Waals surface area (Å²) in [5.74, 6) is 0.739. The average molecular weight is 423 g/mol. The lowest BCUT2D eigenvalue weighted by Crippen LogP contribution is -2.44. The summed E-state index contributed by atoms with van der Waals surface area (Å²) in [6.45, 7) is 3.39. The Morgan fingerprint density at radius 2 is 1.84 bits per heavy atom. The van der Waals surface area contributed by atoms with Gasteiger partial charge >= 0.3 is 0 Å². The molecule has 1 fully saturated rings. The Morgan fingerprint density at radius 3 is 2.65 bits per heavy atom. The van der Waals surface area contributed by atoms with Gasteiger partial charge in [-0.15, -0.1) is 0 Å². The van der Waals surface area contributed by atoms with E-state index in [-0.39, 0.29) is 12.5 Å². The van der Waals surface area contributed by atoms with Crippen molar-refractivity contribution in [3.63, 3.8) is 0 Å². The van der Waals surface area contributed by atoms with E-state index in [1.165, 1.54) is 11.1 Å². The molecule has 31 heavy (non-hydrogen) atoms. The summed E-state index contributed by atoms with van der Waals surface area (Å²) in [5.41, 5.74) is 4.02. The van der Waals surface area contributed by atoms with Gasteiger partial charge in [0, 0.05) is 26.2 Å². The molecule has 0 spiro atoms. The number of amides is 1. The minimum absolute atomic E-state index is 0.122. The molecule has 5 rings (SSSR count). The highest BCUT2D eigenvalue weighted by Gasteiger charge is 2.32. The molecule has 6 nitrogen and oxygen atoms in total. The smallest absolute Gasteiger partial charge is 0.257 e. The molecule has 1 saturated carbocycles. The van der Waals surface area contributed by atoms with Gasteiger partial charge in [0.1, 0.15) is 12.4 Å². The summed E-state index contributed by atoms with van der Waals surface area (Å²) in [6, 6.07) is 13.8. The second-order valence-electron chi connectivity index (χ2n) is 9.05. The van der Waals surface area contributed by atoms with Crippen LogP contribution in [0.15, 0.2) is 42.5 Å². The van der Waals surface area contributed by atoms with Crippen molar-refractivity contribution in [2.45, 2.75) is 38.0 Å². The van der Waals surface area contributed by atoms with E-state index in [0.29, 0.717) is 36.9 Å². The van der Waals surface area contributed by atoms with Gasteiger partial charge in [-0.1, -0.05) is 30.3 Å². The fourth-order valence-corrected chi connectivity index (χ4v) is 4.74. The first-order chi connectivity index (χ1) is 15.1. The number of fused-ring (bicyclic) bond motifs is 2. The summed E-state index contributed by atoms with van der Waals surface area (Å²) >= 11 is 0. The highest BCUT2D eigenvalue weighted by Crippen LogP contribution is 2.42. The van der Waals surface area contributed by atoms with Gasteiger partial charge in [-0.05, 0) is 54.0 Å². The third-order valence-corrected chi connectivity index (χ3v) is 6.66. The first kappa shape index (κ1) is 20.5. The van der Waals surface area contributed by atoms with Crippen LogP contribution in [0.5, 0.6) is 5.75 Å². The Kier molecular flexibility index (Phi) is 5.69. The maximum atomic E-state index is 13.1. The number of β-amino-alcohol motifs (C(OH)–C–C–N with tert-alkyl or cyclic N) is 1. The Balaban J connectivity index is 1.22. The number of aliphatic hydroxyl groups is 2. The van der Waals surface area contributed by atoms with Crippen LogP contribution < -0.4 is 4.74 Å². The second-order valence-corrected chi connectivity index (χ2v) is 9.05. The van der Waals surface area contributed by atoms with Crippen molar-refractivity contribution in [3.05, 3.63) is 64.7 Å². The molecule has 2 aromatic rings. The van der Waals surface area contributed by atoms with Crippen LogP contribution in [0.3, 0.4) is 0 Å². The first-order valence-electron chi connectivity index (χ1n) is 11.3. The molecule has 1 unspecified atom stereocenters. The van der Waals surface area contributed by atoms with Gasteiger partial charge < -0.3 is 19.8 Å². The third-order valence-electron chi connectivity index (χ3n) is 6.66. The molecule has 2 N–H and O–H groups in total. The molecule has 0 saturated heterocycles. The van der Waals surface area contributed by atoms with Crippen molar-refractivity contribution < 1.29 is 19.7 Å². The minimum Gasteiger partial charge on any atom is -0.491 e. The number of aliphatic hydroxyl groups excluding tert-OH is 2. The largest absolute Gasteiger partial charge is 0.491 e. The lowest BCUT2D eigenvalue weighted by Gasteiger charge is -2.32. The third kappa shape index (κ3) is 4.47. The highest BCUT2D eigenvalue weighted by molar-refractivity contribution is 5.97. The standard InChI is InChI=1S/C25H30N2O4/c28-21(15-26-10-9-17-3-1-2-4-20(17)14-26)16-27-11-12-31-23-13-19(24(29)18-5-6-18)7-8-22(23)25(27)30/h1-4,7-8,13,18,21,24,28-29H,5-6,9-12,14-16H2/t21-,24?/m1/s1. The van der Waals surface area contributed by atoms with Crippen LogP contribution in [0.1, 0.15) is 46.0 Å². The van der Waals surface area contributed by atoms with E-state index < -0.39 is 12.2 Å². The molecule has 2 heterocycles.